The summed E-state index contributed by atoms with van der Waals surface area (Å²) in [6.07, 6.45) is 1.42. The summed E-state index contributed by atoms with van der Waals surface area (Å²) in [6, 6.07) is 13.1. The first kappa shape index (κ1) is 55.0. The molecule has 71 heavy (non-hydrogen) atoms. The third kappa shape index (κ3) is 16.3. The number of likely N-dealkylation sites (tertiary alicyclic amines) is 1. The van der Waals surface area contributed by atoms with E-state index in [1.807, 2.05) is 77.9 Å². The monoisotopic (exact) mass is 976 g/mol. The highest BCUT2D eigenvalue weighted by Gasteiger charge is 2.31. The average molecular weight is 976 g/mol. The molecular formula is C52H77N15O4. The third-order valence-electron chi connectivity index (χ3n) is 11.4. The highest BCUT2D eigenvalue weighted by molar-refractivity contribution is 5.96. The lowest BCUT2D eigenvalue weighted by Gasteiger charge is -2.29. The van der Waals surface area contributed by atoms with Gasteiger partial charge < -0.3 is 56.7 Å². The molecule has 7 N–H and O–H groups in total. The predicted octanol–water partition coefficient (Wildman–Crippen LogP) is 8.49. The molecule has 6 rings (SSSR count). The van der Waals surface area contributed by atoms with Crippen LogP contribution in [0.2, 0.25) is 0 Å². The highest BCUT2D eigenvalue weighted by Crippen LogP contribution is 2.37. The van der Waals surface area contributed by atoms with E-state index >= 15 is 0 Å². The standard InChI is InChI=1S/C28H43N7O3.C24H34N8O/c1-18-10-11-19(24(36)29-8)14-21(18)31-22-15-23(34(9)17-27(2,3)4)33-25(32-22)30-20-12-13-35(16-20)26(37)38-28(5,6)7;1-15-8-9-16(22(33)26-6)12-18(15)29-23-30-20(28-17-10-11-27-13-17)19(25-5)21(31-23)32(7)14-24(2,3)4/h10-11,14-15,20H,12-13,16-17H2,1-9H3,(H,29,36)(H2,30,31,32,33);8-9,12,17,27H,10-11,13-14H2,1-4,6-7H3,(H,26,33)(H2,28,29,30,31)/t20-;17-/m11/s1. The normalized spacial score (nSPS) is 15.7. The molecule has 19 heteroatoms. The van der Waals surface area contributed by atoms with Crippen molar-refractivity contribution >= 4 is 70.1 Å². The Morgan fingerprint density at radius 1 is 0.761 bits per heavy atom. The van der Waals surface area contributed by atoms with Crippen LogP contribution < -0.4 is 47.0 Å². The fraction of sp³-hybridized carbons (Fsp3) is 0.538. The lowest BCUT2D eigenvalue weighted by atomic mass is 9.96. The van der Waals surface area contributed by atoms with Crippen molar-refractivity contribution in [1.29, 1.82) is 0 Å². The summed E-state index contributed by atoms with van der Waals surface area (Å²) >= 11 is 0. The summed E-state index contributed by atoms with van der Waals surface area (Å²) in [4.78, 5) is 65.4. The van der Waals surface area contributed by atoms with Gasteiger partial charge in [-0.1, -0.05) is 53.7 Å². The predicted molar refractivity (Wildman–Crippen MR) is 286 cm³/mol. The zero-order chi connectivity index (χ0) is 52.4. The van der Waals surface area contributed by atoms with Gasteiger partial charge in [0.2, 0.25) is 11.9 Å². The molecule has 2 atom stereocenters. The van der Waals surface area contributed by atoms with Crippen molar-refractivity contribution in [3.8, 4) is 0 Å². The van der Waals surface area contributed by atoms with Crippen molar-refractivity contribution in [3.63, 3.8) is 0 Å². The maximum Gasteiger partial charge on any atom is 0.410 e. The molecule has 2 aromatic heterocycles. The van der Waals surface area contributed by atoms with E-state index in [0.29, 0.717) is 59.3 Å². The molecular weight excluding hydrogens is 899 g/mol. The van der Waals surface area contributed by atoms with Gasteiger partial charge in [0.05, 0.1) is 6.57 Å². The van der Waals surface area contributed by atoms with Crippen LogP contribution in [0.1, 0.15) is 107 Å². The first-order valence-corrected chi connectivity index (χ1v) is 24.3. The van der Waals surface area contributed by atoms with E-state index in [1.165, 1.54) is 0 Å². The second kappa shape index (κ2) is 23.3. The fourth-order valence-electron chi connectivity index (χ4n) is 8.17. The molecule has 19 nitrogen and oxygen atoms in total. The Kier molecular flexibility index (Phi) is 18.1. The number of hydrogen-bond donors (Lipinski definition) is 7. The second-order valence-corrected chi connectivity index (χ2v) is 21.8. The molecule has 0 bridgehead atoms. The van der Waals surface area contributed by atoms with Gasteiger partial charge >= 0.3 is 6.09 Å². The quantitative estimate of drug-likeness (QED) is 0.0591. The van der Waals surface area contributed by atoms with Gasteiger partial charge in [-0.25, -0.2) is 19.6 Å². The minimum atomic E-state index is -0.536. The Morgan fingerprint density at radius 2 is 1.35 bits per heavy atom. The highest BCUT2D eigenvalue weighted by atomic mass is 16.6. The van der Waals surface area contributed by atoms with Crippen molar-refractivity contribution in [2.24, 2.45) is 10.8 Å². The van der Waals surface area contributed by atoms with Crippen LogP contribution in [-0.4, -0.2) is 128 Å². The molecule has 384 valence electrons. The summed E-state index contributed by atoms with van der Waals surface area (Å²) in [5.41, 5.74) is 4.55. The Labute approximate surface area is 420 Å². The van der Waals surface area contributed by atoms with E-state index in [9.17, 15) is 14.4 Å². The summed E-state index contributed by atoms with van der Waals surface area (Å²) < 4.78 is 5.53. The van der Waals surface area contributed by atoms with Crippen molar-refractivity contribution in [2.45, 2.75) is 107 Å². The van der Waals surface area contributed by atoms with Gasteiger partial charge in [-0.2, -0.15) is 9.97 Å². The molecule has 0 aliphatic carbocycles. The number of nitrogens with one attached hydrogen (secondary N) is 7. The van der Waals surface area contributed by atoms with Crippen LogP contribution in [0.4, 0.5) is 57.0 Å². The lowest BCUT2D eigenvalue weighted by Crippen LogP contribution is -2.36. The Bertz CT molecular complexity index is 2550. The van der Waals surface area contributed by atoms with E-state index in [-0.39, 0.29) is 40.8 Å². The van der Waals surface area contributed by atoms with Crippen molar-refractivity contribution in [1.82, 2.24) is 40.8 Å². The number of carbonyl (C=O) groups excluding carboxylic acids is 3. The number of ether oxygens (including phenoxy) is 1. The van der Waals surface area contributed by atoms with Crippen LogP contribution in [0.15, 0.2) is 42.5 Å². The van der Waals surface area contributed by atoms with E-state index in [0.717, 1.165) is 67.3 Å². The number of aromatic nitrogens is 4. The van der Waals surface area contributed by atoms with Crippen LogP contribution in [0.25, 0.3) is 4.85 Å². The number of carbonyl (C=O) groups is 3. The second-order valence-electron chi connectivity index (χ2n) is 21.8. The fourth-order valence-corrected chi connectivity index (χ4v) is 8.17. The Balaban J connectivity index is 0.000000267. The van der Waals surface area contributed by atoms with Crippen LogP contribution in [0, 0.1) is 31.2 Å². The van der Waals surface area contributed by atoms with Crippen molar-refractivity contribution < 1.29 is 19.1 Å². The molecule has 2 saturated heterocycles. The van der Waals surface area contributed by atoms with E-state index in [4.69, 9.17) is 26.3 Å². The van der Waals surface area contributed by atoms with E-state index < -0.39 is 5.60 Å². The minimum Gasteiger partial charge on any atom is -0.444 e. The third-order valence-corrected chi connectivity index (χ3v) is 11.4. The molecule has 2 aromatic carbocycles. The number of aryl methyl sites for hydroxylation is 2. The molecule has 2 aliphatic rings. The molecule has 2 aliphatic heterocycles. The molecule has 4 heterocycles. The maximum atomic E-state index is 12.5. The van der Waals surface area contributed by atoms with Gasteiger partial charge in [0.25, 0.3) is 17.5 Å². The molecule has 0 spiro atoms. The molecule has 0 saturated carbocycles. The molecule has 2 fully saturated rings. The van der Waals surface area contributed by atoms with Gasteiger partial charge in [-0.15, -0.1) is 0 Å². The summed E-state index contributed by atoms with van der Waals surface area (Å²) in [5, 5.41) is 22.2. The first-order valence-electron chi connectivity index (χ1n) is 24.3. The number of anilines is 8. The van der Waals surface area contributed by atoms with Gasteiger partial charge in [0.15, 0.2) is 0 Å². The topological polar surface area (TPSA) is 210 Å². The molecule has 0 radical (unpaired) electrons. The van der Waals surface area contributed by atoms with Crippen LogP contribution in [0.3, 0.4) is 0 Å². The van der Waals surface area contributed by atoms with E-state index in [1.54, 1.807) is 37.2 Å². The van der Waals surface area contributed by atoms with Gasteiger partial charge in [-0.3, -0.25) is 9.59 Å². The van der Waals surface area contributed by atoms with Crippen LogP contribution >= 0.6 is 0 Å². The minimum absolute atomic E-state index is 0.00291. The average Bonchev–Trinajstić information content (AvgIpc) is 3.98. The first-order chi connectivity index (χ1) is 33.2. The Hall–Kier alpha value is -6.94. The van der Waals surface area contributed by atoms with Crippen molar-refractivity contribution in [3.05, 3.63) is 76.1 Å². The van der Waals surface area contributed by atoms with Gasteiger partial charge in [-0.05, 0) is 100 Å². The molecule has 3 amide bonds. The van der Waals surface area contributed by atoms with Crippen LogP contribution in [0.5, 0.6) is 0 Å². The zero-order valence-corrected chi connectivity index (χ0v) is 44.6. The number of amides is 3. The maximum absolute atomic E-state index is 12.5. The number of rotatable bonds is 14. The van der Waals surface area contributed by atoms with Gasteiger partial charge in [0.1, 0.15) is 28.9 Å². The largest absolute Gasteiger partial charge is 0.444 e. The summed E-state index contributed by atoms with van der Waals surface area (Å²) in [7, 11) is 7.18. The Morgan fingerprint density at radius 3 is 1.89 bits per heavy atom. The number of benzene rings is 2. The smallest absolute Gasteiger partial charge is 0.410 e. The molecule has 0 unspecified atom stereocenters. The summed E-state index contributed by atoms with van der Waals surface area (Å²) in [5.74, 6) is 3.01. The van der Waals surface area contributed by atoms with Gasteiger partial charge in [0, 0.05) is 102 Å². The van der Waals surface area contributed by atoms with E-state index in [2.05, 4.69) is 93.5 Å². The number of nitrogens with zero attached hydrogens (tertiary/aromatic N) is 8. The lowest BCUT2D eigenvalue weighted by molar-refractivity contribution is 0.0293. The zero-order valence-electron chi connectivity index (χ0n) is 44.6. The molecule has 4 aromatic rings. The summed E-state index contributed by atoms with van der Waals surface area (Å²) in [6.45, 7) is 34.8. The van der Waals surface area contributed by atoms with Crippen LogP contribution in [-0.2, 0) is 4.74 Å². The van der Waals surface area contributed by atoms with Crippen molar-refractivity contribution in [2.75, 3.05) is 98.5 Å². The number of hydrogen-bond acceptors (Lipinski definition) is 15. The SMILES string of the molecule is CNC(=O)c1ccc(C)c(Nc2cc(N(C)CC(C)(C)C)nc(N[C@@H]3CCN(C(=O)OC(C)(C)C)C3)n2)c1.[C-]#[N+]c1c(N[C@@H]2CCNC2)nc(Nc2cc(C(=O)NC)ccc2C)nc1N(C)CC(C)(C)C.